The molecule has 0 heterocycles. The molecule has 0 saturated carbocycles. The minimum atomic E-state index is -0.535. The number of hydrogen-bond acceptors (Lipinski definition) is 3. The minimum absolute atomic E-state index is 0.230. The van der Waals surface area contributed by atoms with Crippen LogP contribution in [0, 0.1) is 0 Å². The molecule has 0 aliphatic rings. The standard InChI is InChI=1S/C7H22O3Si3/c8-6-4-2-1-3-5-7-12-10-13-9-11/h8H,1-7,12-13H2,11H3. The molecule has 0 aromatic carbocycles. The van der Waals surface area contributed by atoms with Crippen LogP contribution in [0.15, 0.2) is 0 Å². The molecule has 0 amide bonds. The second-order valence-corrected chi connectivity index (χ2v) is 8.45. The van der Waals surface area contributed by atoms with Gasteiger partial charge in [-0.15, -0.1) is 0 Å². The zero-order valence-corrected chi connectivity index (χ0v) is 13.5. The van der Waals surface area contributed by atoms with Crippen LogP contribution in [-0.2, 0) is 8.23 Å². The normalized spacial score (nSPS) is 12.7. The average Bonchev–Trinajstić information content (AvgIpc) is 2.16. The van der Waals surface area contributed by atoms with Crippen molar-refractivity contribution in [3.63, 3.8) is 0 Å². The smallest absolute Gasteiger partial charge is 0.282 e. The van der Waals surface area contributed by atoms with Crippen LogP contribution < -0.4 is 0 Å². The van der Waals surface area contributed by atoms with E-state index in [2.05, 4.69) is 0 Å². The molecular weight excluding hydrogens is 216 g/mol. The van der Waals surface area contributed by atoms with Gasteiger partial charge in [-0.1, -0.05) is 25.7 Å². The average molecular weight is 239 g/mol. The van der Waals surface area contributed by atoms with Crippen molar-refractivity contribution < 1.29 is 13.3 Å². The predicted molar refractivity (Wildman–Crippen MR) is 64.2 cm³/mol. The van der Waals surface area contributed by atoms with E-state index in [1.165, 1.54) is 31.7 Å². The van der Waals surface area contributed by atoms with Crippen LogP contribution in [0.4, 0.5) is 0 Å². The van der Waals surface area contributed by atoms with E-state index in [-0.39, 0.29) is 9.76 Å². The molecule has 0 rings (SSSR count). The fraction of sp³-hybridized carbons (Fsp3) is 1.00. The molecule has 6 heteroatoms. The number of hydrogen-bond donors (Lipinski definition) is 1. The number of unbranched alkanes of at least 4 members (excludes halogenated alkanes) is 4. The lowest BCUT2D eigenvalue weighted by Gasteiger charge is -2.02. The summed E-state index contributed by atoms with van der Waals surface area (Å²) in [6, 6.07) is 1.30. The van der Waals surface area contributed by atoms with Gasteiger partial charge in [0.2, 0.25) is 0 Å². The molecule has 0 fully saturated rings. The highest BCUT2D eigenvalue weighted by Gasteiger charge is 1.92. The van der Waals surface area contributed by atoms with E-state index in [0.717, 1.165) is 16.9 Å². The lowest BCUT2D eigenvalue weighted by atomic mass is 10.2. The van der Waals surface area contributed by atoms with Crippen LogP contribution in [0.1, 0.15) is 32.1 Å². The van der Waals surface area contributed by atoms with E-state index >= 15 is 0 Å². The molecule has 0 aromatic heterocycles. The van der Waals surface area contributed by atoms with Crippen molar-refractivity contribution in [2.45, 2.75) is 38.1 Å². The summed E-state index contributed by atoms with van der Waals surface area (Å²) >= 11 is 0. The minimum Gasteiger partial charge on any atom is -0.449 e. The maximum atomic E-state index is 8.55. The summed E-state index contributed by atoms with van der Waals surface area (Å²) in [7, 11) is 0.0800. The Balaban J connectivity index is 2.76. The molecule has 1 N–H and O–H groups in total. The first-order valence-corrected chi connectivity index (χ1v) is 8.64. The van der Waals surface area contributed by atoms with E-state index in [1.807, 2.05) is 0 Å². The zero-order valence-electron chi connectivity index (χ0n) is 8.63. The molecule has 13 heavy (non-hydrogen) atoms. The third-order valence-corrected chi connectivity index (χ3v) is 5.45. The van der Waals surface area contributed by atoms with Gasteiger partial charge < -0.3 is 13.3 Å². The summed E-state index contributed by atoms with van der Waals surface area (Å²) < 4.78 is 10.5. The molecular formula is C7H22O3Si3. The largest absolute Gasteiger partial charge is 0.449 e. The van der Waals surface area contributed by atoms with Gasteiger partial charge in [-0.05, 0) is 12.5 Å². The van der Waals surface area contributed by atoms with Gasteiger partial charge in [0.25, 0.3) is 10.0 Å². The van der Waals surface area contributed by atoms with E-state index in [1.54, 1.807) is 0 Å². The Morgan fingerprint density at radius 3 is 2.46 bits per heavy atom. The van der Waals surface area contributed by atoms with Crippen molar-refractivity contribution in [2.24, 2.45) is 0 Å². The van der Waals surface area contributed by atoms with Crippen LogP contribution >= 0.6 is 0 Å². The van der Waals surface area contributed by atoms with Gasteiger partial charge in [0, 0.05) is 6.61 Å². The van der Waals surface area contributed by atoms with E-state index in [9.17, 15) is 0 Å². The monoisotopic (exact) mass is 238 g/mol. The third kappa shape index (κ3) is 12.5. The molecule has 0 spiro atoms. The fourth-order valence-electron chi connectivity index (χ4n) is 1.17. The van der Waals surface area contributed by atoms with Crippen LogP contribution in [-0.4, -0.2) is 42.0 Å². The van der Waals surface area contributed by atoms with Gasteiger partial charge in [-0.2, -0.15) is 0 Å². The SMILES string of the molecule is OCCCCCCC[SiH2]O[SiH2]O[SiH3]. The van der Waals surface area contributed by atoms with Crippen molar-refractivity contribution in [3.05, 3.63) is 0 Å². The highest BCUT2D eigenvalue weighted by atomic mass is 28.3. The van der Waals surface area contributed by atoms with Gasteiger partial charge in [0.15, 0.2) is 0 Å². The predicted octanol–water partition coefficient (Wildman–Crippen LogP) is -1.26. The zero-order chi connectivity index (χ0) is 9.78. The Morgan fingerprint density at radius 2 is 1.77 bits per heavy atom. The summed E-state index contributed by atoms with van der Waals surface area (Å²) in [5, 5.41) is 8.55. The Morgan fingerprint density at radius 1 is 1.08 bits per heavy atom. The van der Waals surface area contributed by atoms with Crippen LogP contribution in [0.25, 0.3) is 0 Å². The topological polar surface area (TPSA) is 38.7 Å². The molecule has 80 valence electrons. The first-order chi connectivity index (χ1) is 6.41. The Hall–Kier alpha value is 0.531. The fourth-order valence-corrected chi connectivity index (χ4v) is 5.18. The second-order valence-electron chi connectivity index (χ2n) is 3.16. The molecule has 0 aliphatic heterocycles. The summed E-state index contributed by atoms with van der Waals surface area (Å²) in [5.41, 5.74) is 0. The lowest BCUT2D eigenvalue weighted by molar-refractivity contribution is 0.282. The van der Waals surface area contributed by atoms with E-state index in [4.69, 9.17) is 13.3 Å². The van der Waals surface area contributed by atoms with Crippen LogP contribution in [0.3, 0.4) is 0 Å². The highest BCUT2D eigenvalue weighted by molar-refractivity contribution is 6.41. The molecule has 0 bridgehead atoms. The van der Waals surface area contributed by atoms with Crippen LogP contribution in [0.2, 0.25) is 6.04 Å². The lowest BCUT2D eigenvalue weighted by Crippen LogP contribution is -2.06. The number of aliphatic hydroxyl groups excluding tert-OH is 1. The Labute approximate surface area is 88.8 Å². The molecule has 0 atom stereocenters. The van der Waals surface area contributed by atoms with Gasteiger partial charge in [-0.25, -0.2) is 0 Å². The van der Waals surface area contributed by atoms with Crippen molar-refractivity contribution in [1.29, 1.82) is 0 Å². The van der Waals surface area contributed by atoms with Crippen molar-refractivity contribution in [1.82, 2.24) is 0 Å². The van der Waals surface area contributed by atoms with Gasteiger partial charge in [0.05, 0.1) is 0 Å². The molecule has 3 nitrogen and oxygen atoms in total. The highest BCUT2D eigenvalue weighted by Crippen LogP contribution is 2.04. The van der Waals surface area contributed by atoms with Gasteiger partial charge in [0.1, 0.15) is 20.2 Å². The second kappa shape index (κ2) is 12.5. The summed E-state index contributed by atoms with van der Waals surface area (Å²) in [6.45, 7) is 0.348. The molecule has 0 radical (unpaired) electrons. The Bertz CT molecular complexity index is 85.1. The summed E-state index contributed by atoms with van der Waals surface area (Å²) in [4.78, 5) is 0. The maximum absolute atomic E-state index is 8.55. The summed E-state index contributed by atoms with van der Waals surface area (Å²) in [5.74, 6) is 0. The first-order valence-electron chi connectivity index (χ1n) is 5.09. The maximum Gasteiger partial charge on any atom is 0.282 e. The number of rotatable bonds is 10. The van der Waals surface area contributed by atoms with Crippen LogP contribution in [0.5, 0.6) is 0 Å². The first kappa shape index (κ1) is 13.5. The van der Waals surface area contributed by atoms with Gasteiger partial charge in [-0.3, -0.25) is 0 Å². The van der Waals surface area contributed by atoms with Crippen molar-refractivity contribution >= 4 is 30.3 Å². The molecule has 0 saturated heterocycles. The summed E-state index contributed by atoms with van der Waals surface area (Å²) in [6.07, 6.45) is 6.03. The van der Waals surface area contributed by atoms with E-state index in [0.29, 0.717) is 6.61 Å². The third-order valence-electron chi connectivity index (χ3n) is 1.90. The van der Waals surface area contributed by atoms with E-state index < -0.39 is 10.0 Å². The van der Waals surface area contributed by atoms with Gasteiger partial charge >= 0.3 is 0 Å². The van der Waals surface area contributed by atoms with Crippen molar-refractivity contribution in [3.8, 4) is 0 Å². The molecule has 0 aliphatic carbocycles. The Kier molecular flexibility index (Phi) is 13.0. The van der Waals surface area contributed by atoms with Crippen molar-refractivity contribution in [2.75, 3.05) is 6.61 Å². The quantitative estimate of drug-likeness (QED) is 0.382. The number of aliphatic hydroxyl groups is 1. The molecule has 0 aromatic rings. The molecule has 0 unspecified atom stereocenters.